The highest BCUT2D eigenvalue weighted by Crippen LogP contribution is 2.17. The van der Waals surface area contributed by atoms with Crippen molar-refractivity contribution < 1.29 is 14.3 Å². The molecule has 7 heteroatoms. The first-order chi connectivity index (χ1) is 12.1. The number of hydrogen-bond donors (Lipinski definition) is 1. The number of carbonyl (C=O) groups is 1. The van der Waals surface area contributed by atoms with Crippen LogP contribution < -0.4 is 10.2 Å². The topological polar surface area (TPSA) is 66.9 Å². The molecule has 0 aromatic carbocycles. The minimum absolute atomic E-state index is 0.122. The van der Waals surface area contributed by atoms with Gasteiger partial charge in [0.05, 0.1) is 24.6 Å². The average molecular weight is 348 g/mol. The van der Waals surface area contributed by atoms with Gasteiger partial charge in [0.25, 0.3) is 5.91 Å². The van der Waals surface area contributed by atoms with E-state index < -0.39 is 6.10 Å². The van der Waals surface area contributed by atoms with Crippen LogP contribution in [0.15, 0.2) is 18.3 Å². The van der Waals surface area contributed by atoms with Gasteiger partial charge in [-0.05, 0) is 38.9 Å². The normalized spacial score (nSPS) is 22.8. The lowest BCUT2D eigenvalue weighted by Gasteiger charge is -2.33. The zero-order valence-corrected chi connectivity index (χ0v) is 15.1. The number of pyridine rings is 1. The van der Waals surface area contributed by atoms with Gasteiger partial charge in [-0.2, -0.15) is 0 Å². The zero-order valence-electron chi connectivity index (χ0n) is 15.1. The summed E-state index contributed by atoms with van der Waals surface area (Å²) in [6, 6.07) is 3.85. The van der Waals surface area contributed by atoms with E-state index in [2.05, 4.69) is 27.1 Å². The van der Waals surface area contributed by atoms with Gasteiger partial charge in [0.2, 0.25) is 0 Å². The number of hydrogen-bond acceptors (Lipinski definition) is 6. The fourth-order valence-electron chi connectivity index (χ4n) is 3.04. The second-order valence-corrected chi connectivity index (χ2v) is 6.79. The smallest absolute Gasteiger partial charge is 0.254 e. The van der Waals surface area contributed by atoms with E-state index in [0.29, 0.717) is 12.4 Å². The number of anilines is 2. The molecule has 0 aliphatic carbocycles. The second-order valence-electron chi connectivity index (χ2n) is 6.79. The third-order valence-electron chi connectivity index (χ3n) is 4.79. The summed E-state index contributed by atoms with van der Waals surface area (Å²) in [6.45, 7) is 7.11. The lowest BCUT2D eigenvalue weighted by Crippen LogP contribution is -2.44. The van der Waals surface area contributed by atoms with Crippen LogP contribution in [0.25, 0.3) is 0 Å². The maximum absolute atomic E-state index is 12.2. The van der Waals surface area contributed by atoms with Gasteiger partial charge in [-0.3, -0.25) is 4.79 Å². The summed E-state index contributed by atoms with van der Waals surface area (Å²) < 4.78 is 11.1. The highest BCUT2D eigenvalue weighted by molar-refractivity contribution is 5.93. The van der Waals surface area contributed by atoms with Gasteiger partial charge in [0.15, 0.2) is 0 Å². The van der Waals surface area contributed by atoms with E-state index in [-0.39, 0.29) is 12.0 Å². The zero-order chi connectivity index (χ0) is 17.6. The molecule has 0 radical (unpaired) electrons. The summed E-state index contributed by atoms with van der Waals surface area (Å²) in [5, 5.41) is 2.81. The summed E-state index contributed by atoms with van der Waals surface area (Å²) in [5.41, 5.74) is 1.09. The minimum atomic E-state index is -0.525. The average Bonchev–Trinajstić information content (AvgIpc) is 3.14. The van der Waals surface area contributed by atoms with Gasteiger partial charge in [-0.15, -0.1) is 0 Å². The molecule has 7 nitrogen and oxygen atoms in total. The number of ether oxygens (including phenoxy) is 2. The Morgan fingerprint density at radius 1 is 1.40 bits per heavy atom. The first-order valence-electron chi connectivity index (χ1n) is 9.05. The van der Waals surface area contributed by atoms with Crippen LogP contribution in [0.5, 0.6) is 0 Å². The molecular weight excluding hydrogens is 320 g/mol. The molecule has 1 aromatic rings. The van der Waals surface area contributed by atoms with Crippen LogP contribution in [0.4, 0.5) is 11.5 Å². The van der Waals surface area contributed by atoms with E-state index in [0.717, 1.165) is 51.3 Å². The van der Waals surface area contributed by atoms with Gasteiger partial charge in [-0.1, -0.05) is 0 Å². The van der Waals surface area contributed by atoms with Gasteiger partial charge in [0.1, 0.15) is 11.9 Å². The van der Waals surface area contributed by atoms with E-state index in [1.807, 2.05) is 18.3 Å². The lowest BCUT2D eigenvalue weighted by atomic mass is 10.2. The first-order valence-corrected chi connectivity index (χ1v) is 9.05. The third-order valence-corrected chi connectivity index (χ3v) is 4.79. The van der Waals surface area contributed by atoms with Crippen molar-refractivity contribution in [3.63, 3.8) is 0 Å². The Hall–Kier alpha value is -1.70. The van der Waals surface area contributed by atoms with Crippen LogP contribution in [0.2, 0.25) is 0 Å². The van der Waals surface area contributed by atoms with Crippen LogP contribution in [0, 0.1) is 0 Å². The molecule has 2 fully saturated rings. The van der Waals surface area contributed by atoms with Crippen molar-refractivity contribution in [3.05, 3.63) is 18.3 Å². The predicted molar refractivity (Wildman–Crippen MR) is 97.0 cm³/mol. The van der Waals surface area contributed by atoms with Crippen LogP contribution >= 0.6 is 0 Å². The predicted octanol–water partition coefficient (Wildman–Crippen LogP) is 1.36. The molecule has 3 heterocycles. The number of carbonyl (C=O) groups excluding carboxylic acids is 1. The van der Waals surface area contributed by atoms with Crippen LogP contribution in [0.3, 0.4) is 0 Å². The summed E-state index contributed by atoms with van der Waals surface area (Å²) in [7, 11) is 2.14. The molecule has 138 valence electrons. The molecule has 25 heavy (non-hydrogen) atoms. The highest BCUT2D eigenvalue weighted by Gasteiger charge is 2.20. The molecular formula is C18H28N4O3. The maximum Gasteiger partial charge on any atom is 0.254 e. The number of rotatable bonds is 6. The monoisotopic (exact) mass is 348 g/mol. The Labute approximate surface area is 149 Å². The number of likely N-dealkylation sites (N-methyl/N-ethyl adjacent to an activating group) is 1. The van der Waals surface area contributed by atoms with Crippen LogP contribution in [0.1, 0.15) is 19.8 Å². The summed E-state index contributed by atoms with van der Waals surface area (Å²) in [6.07, 6.45) is 3.49. The Morgan fingerprint density at radius 3 is 2.84 bits per heavy atom. The number of nitrogens with zero attached hydrogens (tertiary/aromatic N) is 3. The molecule has 2 unspecified atom stereocenters. The van der Waals surface area contributed by atoms with E-state index in [4.69, 9.17) is 9.47 Å². The molecule has 2 aliphatic heterocycles. The minimum Gasteiger partial charge on any atom is -0.376 e. The molecule has 3 rings (SSSR count). The number of amides is 1. The SMILES string of the molecule is CC(OCC1CCCO1)C(=O)Nc1ccc(N2CCN(C)CC2)cn1. The fourth-order valence-corrected chi connectivity index (χ4v) is 3.04. The Balaban J connectivity index is 1.46. The van der Waals surface area contributed by atoms with Crippen molar-refractivity contribution in [1.82, 2.24) is 9.88 Å². The van der Waals surface area contributed by atoms with E-state index in [9.17, 15) is 4.79 Å². The molecule has 1 aromatic heterocycles. The molecule has 2 atom stereocenters. The maximum atomic E-state index is 12.2. The number of aromatic nitrogens is 1. The number of nitrogens with one attached hydrogen (secondary N) is 1. The standard InChI is InChI=1S/C18H28N4O3/c1-14(25-13-16-4-3-11-24-16)18(23)20-17-6-5-15(12-19-17)22-9-7-21(2)8-10-22/h5-6,12,14,16H,3-4,7-11,13H2,1-2H3,(H,19,20,23). The van der Waals surface area contributed by atoms with Crippen molar-refractivity contribution >= 4 is 17.4 Å². The first kappa shape index (κ1) is 18.1. The van der Waals surface area contributed by atoms with Crippen molar-refractivity contribution in [2.24, 2.45) is 0 Å². The highest BCUT2D eigenvalue weighted by atomic mass is 16.5. The molecule has 1 N–H and O–H groups in total. The summed E-state index contributed by atoms with van der Waals surface area (Å²) >= 11 is 0. The molecule has 2 saturated heterocycles. The van der Waals surface area contributed by atoms with Crippen LogP contribution in [-0.2, 0) is 14.3 Å². The summed E-state index contributed by atoms with van der Waals surface area (Å²) in [5.74, 6) is 0.369. The largest absolute Gasteiger partial charge is 0.376 e. The lowest BCUT2D eigenvalue weighted by molar-refractivity contribution is -0.128. The van der Waals surface area contributed by atoms with Gasteiger partial charge < -0.3 is 24.6 Å². The van der Waals surface area contributed by atoms with Crippen molar-refractivity contribution in [2.75, 3.05) is 56.7 Å². The molecule has 0 bridgehead atoms. The summed E-state index contributed by atoms with van der Waals surface area (Å²) in [4.78, 5) is 21.2. The molecule has 2 aliphatic rings. The number of piperazine rings is 1. The Bertz CT molecular complexity index is 552. The molecule has 0 spiro atoms. The van der Waals surface area contributed by atoms with Crippen molar-refractivity contribution in [3.8, 4) is 0 Å². The quantitative estimate of drug-likeness (QED) is 0.837. The van der Waals surface area contributed by atoms with Crippen LogP contribution in [-0.4, -0.2) is 74.4 Å². The van der Waals surface area contributed by atoms with Gasteiger partial charge in [0, 0.05) is 32.8 Å². The van der Waals surface area contributed by atoms with E-state index in [1.165, 1.54) is 0 Å². The Morgan fingerprint density at radius 2 is 2.20 bits per heavy atom. The van der Waals surface area contributed by atoms with E-state index >= 15 is 0 Å². The third kappa shape index (κ3) is 5.14. The van der Waals surface area contributed by atoms with E-state index in [1.54, 1.807) is 6.92 Å². The van der Waals surface area contributed by atoms with Gasteiger partial charge in [-0.25, -0.2) is 4.98 Å². The van der Waals surface area contributed by atoms with Crippen molar-refractivity contribution in [2.45, 2.75) is 32.0 Å². The van der Waals surface area contributed by atoms with Crippen molar-refractivity contribution in [1.29, 1.82) is 0 Å². The molecule has 1 amide bonds. The van der Waals surface area contributed by atoms with Gasteiger partial charge >= 0.3 is 0 Å². The molecule has 0 saturated carbocycles. The Kier molecular flexibility index (Phi) is 6.23. The second kappa shape index (κ2) is 8.60. The fraction of sp³-hybridized carbons (Fsp3) is 0.667.